The van der Waals surface area contributed by atoms with Crippen molar-refractivity contribution in [3.05, 3.63) is 0 Å². The van der Waals surface area contributed by atoms with Crippen LogP contribution in [0.15, 0.2) is 0 Å². The van der Waals surface area contributed by atoms with Crippen molar-refractivity contribution in [2.24, 2.45) is 0 Å². The van der Waals surface area contributed by atoms with Gasteiger partial charge in [0.15, 0.2) is 0 Å². The third-order valence-electron chi connectivity index (χ3n) is 0.436. The molecule has 6 heteroatoms. The van der Waals surface area contributed by atoms with Gasteiger partial charge < -0.3 is 15.3 Å². The molecule has 0 saturated carbocycles. The van der Waals surface area contributed by atoms with Crippen LogP contribution in [0.1, 0.15) is 6.92 Å². The summed E-state index contributed by atoms with van der Waals surface area (Å²) in [7, 11) is 0. The van der Waals surface area contributed by atoms with Crippen LogP contribution >= 0.6 is 0 Å². The van der Waals surface area contributed by atoms with Gasteiger partial charge in [-0.3, -0.25) is 4.79 Å². The quantitative estimate of drug-likeness (QED) is 0.438. The molecule has 0 fully saturated rings. The topological polar surface area (TPSA) is 112 Å². The highest BCUT2D eigenvalue weighted by Crippen LogP contribution is 1.61. The number of carbonyl (C=O) groups excluding carboxylic acids is 1. The first-order chi connectivity index (χ1) is 4.91. The Labute approximate surface area is 62.1 Å². The molecule has 0 aliphatic rings. The minimum atomic E-state index is -1.38. The smallest absolute Gasteiger partial charge is 0.371 e. The van der Waals surface area contributed by atoms with E-state index in [1.807, 2.05) is 0 Å². The van der Waals surface area contributed by atoms with Crippen molar-refractivity contribution < 1.29 is 29.7 Å². The van der Waals surface area contributed by atoms with Crippen molar-refractivity contribution in [1.82, 2.24) is 0 Å². The number of carboxylic acids is 2. The third-order valence-corrected chi connectivity index (χ3v) is 0.436. The van der Waals surface area contributed by atoms with E-state index in [2.05, 4.69) is 0 Å². The predicted molar refractivity (Wildman–Crippen MR) is 33.0 cm³/mol. The van der Waals surface area contributed by atoms with Crippen LogP contribution in [0.3, 0.4) is 0 Å². The van der Waals surface area contributed by atoms with Gasteiger partial charge in [0.25, 0.3) is 0 Å². The third kappa shape index (κ3) is 17.7. The molecule has 0 saturated heterocycles. The van der Waals surface area contributed by atoms with Gasteiger partial charge in [0, 0.05) is 6.92 Å². The lowest BCUT2D eigenvalue weighted by molar-refractivity contribution is -0.148. The number of rotatable bonds is 2. The van der Waals surface area contributed by atoms with Crippen LogP contribution in [0.25, 0.3) is 0 Å². The number of aliphatic carboxylic acids is 2. The lowest BCUT2D eigenvalue weighted by Gasteiger charge is -1.73. The van der Waals surface area contributed by atoms with E-state index in [0.717, 1.165) is 6.92 Å². The molecule has 0 heterocycles. The molecule has 3 N–H and O–H groups in total. The number of Topliss-reactive ketones (excluding diaryl/α,β-unsaturated/α-hetero) is 1. The van der Waals surface area contributed by atoms with Crippen molar-refractivity contribution in [2.75, 3.05) is 6.61 Å². The van der Waals surface area contributed by atoms with Gasteiger partial charge in [-0.25, -0.2) is 9.59 Å². The van der Waals surface area contributed by atoms with E-state index in [-0.39, 0.29) is 0 Å². The van der Waals surface area contributed by atoms with E-state index in [9.17, 15) is 9.59 Å². The number of carbonyl (C=O) groups is 3. The molecule has 0 aromatic heterocycles. The molecule has 6 nitrogen and oxygen atoms in total. The molecule has 0 atom stereocenters. The second-order valence-electron chi connectivity index (χ2n) is 1.41. The lowest BCUT2D eigenvalue weighted by Crippen LogP contribution is -2.05. The molecule has 0 bridgehead atoms. The van der Waals surface area contributed by atoms with Gasteiger partial charge >= 0.3 is 11.9 Å². The summed E-state index contributed by atoms with van der Waals surface area (Å²) in [5.41, 5.74) is 0. The second-order valence-corrected chi connectivity index (χ2v) is 1.41. The average Bonchev–Trinajstić information content (AvgIpc) is 1.89. The Balaban J connectivity index is 0. The standard InChI is InChI=1S/C3H4O3.C2H4O3/c1-2(4)3(5)6;3-1-2(4)5/h1H3,(H,5,6);3H,1H2,(H,4,5). The Kier molecular flexibility index (Phi) is 7.46. The number of hydrogen-bond acceptors (Lipinski definition) is 4. The van der Waals surface area contributed by atoms with Gasteiger partial charge in [-0.2, -0.15) is 0 Å². The molecule has 0 amide bonds. The summed E-state index contributed by atoms with van der Waals surface area (Å²) < 4.78 is 0. The maximum absolute atomic E-state index is 9.54. The fourth-order valence-corrected chi connectivity index (χ4v) is 0. The molecule has 0 aliphatic carbocycles. The Bertz CT molecular complexity index is 148. The van der Waals surface area contributed by atoms with Crippen LogP contribution in [0.2, 0.25) is 0 Å². The first-order valence-electron chi connectivity index (χ1n) is 2.48. The van der Waals surface area contributed by atoms with Gasteiger partial charge in [-0.15, -0.1) is 0 Å². The number of ketones is 1. The van der Waals surface area contributed by atoms with E-state index in [4.69, 9.17) is 20.1 Å². The monoisotopic (exact) mass is 164 g/mol. The molecule has 0 aliphatic heterocycles. The zero-order valence-corrected chi connectivity index (χ0v) is 5.77. The maximum atomic E-state index is 9.54. The van der Waals surface area contributed by atoms with Crippen LogP contribution in [0.4, 0.5) is 0 Å². The van der Waals surface area contributed by atoms with Crippen LogP contribution in [-0.2, 0) is 14.4 Å². The Hall–Kier alpha value is -1.43. The Morgan fingerprint density at radius 3 is 1.36 bits per heavy atom. The number of hydrogen-bond donors (Lipinski definition) is 3. The SMILES string of the molecule is CC(=O)C(=O)O.O=C(O)CO. The molecule has 0 spiro atoms. The largest absolute Gasteiger partial charge is 0.480 e. The van der Waals surface area contributed by atoms with Crippen LogP contribution in [-0.4, -0.2) is 39.6 Å². The fourth-order valence-electron chi connectivity index (χ4n) is 0. The average molecular weight is 164 g/mol. The summed E-state index contributed by atoms with van der Waals surface area (Å²) in [5.74, 6) is -3.39. The fraction of sp³-hybridized carbons (Fsp3) is 0.400. The molecular weight excluding hydrogens is 156 g/mol. The highest BCUT2D eigenvalue weighted by Gasteiger charge is 1.98. The Morgan fingerprint density at radius 1 is 1.18 bits per heavy atom. The summed E-state index contributed by atoms with van der Waals surface area (Å²) in [5, 5.41) is 22.7. The number of aliphatic hydroxyl groups excluding tert-OH is 1. The molecular formula is C5H8O6. The molecule has 0 aromatic carbocycles. The van der Waals surface area contributed by atoms with Crippen LogP contribution in [0, 0.1) is 0 Å². The van der Waals surface area contributed by atoms with Crippen molar-refractivity contribution in [3.8, 4) is 0 Å². The predicted octanol–water partition coefficient (Wildman–Crippen LogP) is -1.28. The van der Waals surface area contributed by atoms with Crippen LogP contribution < -0.4 is 0 Å². The first kappa shape index (κ1) is 12.3. The summed E-state index contributed by atoms with van der Waals surface area (Å²) >= 11 is 0. The molecule has 64 valence electrons. The molecule has 0 rings (SSSR count). The van der Waals surface area contributed by atoms with E-state index in [0.29, 0.717) is 0 Å². The zero-order valence-electron chi connectivity index (χ0n) is 5.77. The van der Waals surface area contributed by atoms with Crippen molar-refractivity contribution in [3.63, 3.8) is 0 Å². The van der Waals surface area contributed by atoms with Gasteiger partial charge in [0.05, 0.1) is 0 Å². The van der Waals surface area contributed by atoms with Crippen LogP contribution in [0.5, 0.6) is 0 Å². The van der Waals surface area contributed by atoms with E-state index < -0.39 is 24.3 Å². The molecule has 0 aromatic rings. The summed E-state index contributed by atoms with van der Waals surface area (Å²) in [6.45, 7) is 0.225. The van der Waals surface area contributed by atoms with Gasteiger partial charge in [0.1, 0.15) is 6.61 Å². The number of aliphatic hydroxyl groups is 1. The maximum Gasteiger partial charge on any atom is 0.371 e. The minimum Gasteiger partial charge on any atom is -0.480 e. The van der Waals surface area contributed by atoms with Gasteiger partial charge in [-0.05, 0) is 0 Å². The van der Waals surface area contributed by atoms with Crippen molar-refractivity contribution in [1.29, 1.82) is 0 Å². The highest BCUT2D eigenvalue weighted by atomic mass is 16.4. The molecule has 11 heavy (non-hydrogen) atoms. The van der Waals surface area contributed by atoms with Crippen molar-refractivity contribution >= 4 is 17.7 Å². The summed E-state index contributed by atoms with van der Waals surface area (Å²) in [4.78, 5) is 28.0. The summed E-state index contributed by atoms with van der Waals surface area (Å²) in [6.07, 6.45) is 0. The molecule has 0 unspecified atom stereocenters. The van der Waals surface area contributed by atoms with Gasteiger partial charge in [0.2, 0.25) is 5.78 Å². The van der Waals surface area contributed by atoms with E-state index >= 15 is 0 Å². The van der Waals surface area contributed by atoms with Crippen molar-refractivity contribution in [2.45, 2.75) is 6.92 Å². The van der Waals surface area contributed by atoms with E-state index in [1.54, 1.807) is 0 Å². The Morgan fingerprint density at radius 2 is 1.36 bits per heavy atom. The summed E-state index contributed by atoms with van der Waals surface area (Å²) in [6, 6.07) is 0. The lowest BCUT2D eigenvalue weighted by atomic mass is 10.5. The first-order valence-corrected chi connectivity index (χ1v) is 2.48. The normalized spacial score (nSPS) is 7.45. The zero-order chi connectivity index (χ0) is 9.44. The molecule has 0 radical (unpaired) electrons. The minimum absolute atomic E-state index is 0.778. The highest BCUT2D eigenvalue weighted by molar-refractivity contribution is 6.31. The number of carboxylic acid groups (broad SMARTS) is 2. The second kappa shape index (κ2) is 6.69. The van der Waals surface area contributed by atoms with Gasteiger partial charge in [-0.1, -0.05) is 0 Å². The van der Waals surface area contributed by atoms with E-state index in [1.165, 1.54) is 0 Å².